The molecule has 0 spiro atoms. The minimum atomic E-state index is -1.35. The van der Waals surface area contributed by atoms with Crippen molar-refractivity contribution in [3.63, 3.8) is 0 Å². The lowest BCUT2D eigenvalue weighted by atomic mass is 10.0. The Morgan fingerprint density at radius 1 is 1.45 bits per heavy atom. The van der Waals surface area contributed by atoms with E-state index in [9.17, 15) is 14.3 Å². The molecule has 2 rings (SSSR count). The highest BCUT2D eigenvalue weighted by atomic mass is 19.1. The second-order valence-corrected chi connectivity index (χ2v) is 5.48. The van der Waals surface area contributed by atoms with Gasteiger partial charge in [-0.25, -0.2) is 9.18 Å². The third-order valence-corrected chi connectivity index (χ3v) is 3.82. The summed E-state index contributed by atoms with van der Waals surface area (Å²) in [6.45, 7) is 0.350. The summed E-state index contributed by atoms with van der Waals surface area (Å²) in [6, 6.07) is 2.22. The van der Waals surface area contributed by atoms with Crippen molar-refractivity contribution in [2.45, 2.75) is 31.3 Å². The summed E-state index contributed by atoms with van der Waals surface area (Å²) in [5.74, 6) is -2.18. The first kappa shape index (κ1) is 14.6. The summed E-state index contributed by atoms with van der Waals surface area (Å²) in [6.07, 6.45) is 3.39. The molecule has 110 valence electrons. The number of anilines is 2. The molecule has 1 fully saturated rings. The van der Waals surface area contributed by atoms with Gasteiger partial charge in [0, 0.05) is 19.7 Å². The average Bonchev–Trinajstić information content (AvgIpc) is 2.77. The van der Waals surface area contributed by atoms with Crippen LogP contribution in [0.4, 0.5) is 15.8 Å². The van der Waals surface area contributed by atoms with Crippen LogP contribution in [0.1, 0.15) is 36.0 Å². The molecule has 20 heavy (non-hydrogen) atoms. The normalized spacial score (nSPS) is 17.1. The second-order valence-electron chi connectivity index (χ2n) is 5.48. The summed E-state index contributed by atoms with van der Waals surface area (Å²) < 4.78 is 13.7. The Morgan fingerprint density at radius 3 is 2.60 bits per heavy atom. The first-order chi connectivity index (χ1) is 9.32. The van der Waals surface area contributed by atoms with Gasteiger partial charge >= 0.3 is 5.97 Å². The van der Waals surface area contributed by atoms with Gasteiger partial charge in [-0.3, -0.25) is 0 Å². The molecule has 1 aromatic rings. The maximum Gasteiger partial charge on any atom is 0.338 e. The number of aromatic carboxylic acids is 1. The van der Waals surface area contributed by atoms with Crippen molar-refractivity contribution in [1.82, 2.24) is 0 Å². The highest BCUT2D eigenvalue weighted by molar-refractivity contribution is 5.90. The minimum Gasteiger partial charge on any atom is -0.478 e. The van der Waals surface area contributed by atoms with E-state index in [-0.39, 0.29) is 5.69 Å². The highest BCUT2D eigenvalue weighted by Crippen LogP contribution is 2.33. The SMILES string of the molecule is CN(CC1(O)CCCC1)c1cc(F)c(C(=O)O)cc1N. The fourth-order valence-electron chi connectivity index (χ4n) is 2.79. The van der Waals surface area contributed by atoms with Crippen molar-refractivity contribution in [2.24, 2.45) is 0 Å². The van der Waals surface area contributed by atoms with Crippen LogP contribution in [0.3, 0.4) is 0 Å². The monoisotopic (exact) mass is 282 g/mol. The molecule has 0 aromatic heterocycles. The quantitative estimate of drug-likeness (QED) is 0.734. The number of carboxylic acids is 1. The number of nitrogen functional groups attached to an aromatic ring is 1. The summed E-state index contributed by atoms with van der Waals surface area (Å²) in [5.41, 5.74) is 5.16. The summed E-state index contributed by atoms with van der Waals surface area (Å²) >= 11 is 0. The third kappa shape index (κ3) is 2.85. The Hall–Kier alpha value is -1.82. The van der Waals surface area contributed by atoms with E-state index in [1.807, 2.05) is 0 Å². The molecule has 1 aliphatic carbocycles. The Balaban J connectivity index is 2.24. The zero-order valence-electron chi connectivity index (χ0n) is 11.4. The van der Waals surface area contributed by atoms with Gasteiger partial charge in [-0.15, -0.1) is 0 Å². The predicted octanol–water partition coefficient (Wildman–Crippen LogP) is 1.85. The van der Waals surface area contributed by atoms with Crippen LogP contribution in [0.2, 0.25) is 0 Å². The Bertz CT molecular complexity index is 527. The maximum absolute atomic E-state index is 13.7. The summed E-state index contributed by atoms with van der Waals surface area (Å²) in [7, 11) is 1.71. The first-order valence-corrected chi connectivity index (χ1v) is 6.58. The van der Waals surface area contributed by atoms with Gasteiger partial charge in [-0.1, -0.05) is 12.8 Å². The van der Waals surface area contributed by atoms with E-state index in [0.717, 1.165) is 25.0 Å². The first-order valence-electron chi connectivity index (χ1n) is 6.58. The Morgan fingerprint density at radius 2 is 2.05 bits per heavy atom. The summed E-state index contributed by atoms with van der Waals surface area (Å²) in [5, 5.41) is 19.2. The van der Waals surface area contributed by atoms with Crippen molar-refractivity contribution in [3.05, 3.63) is 23.5 Å². The number of rotatable bonds is 4. The molecule has 0 radical (unpaired) electrons. The molecule has 5 nitrogen and oxygen atoms in total. The number of likely N-dealkylation sites (N-methyl/N-ethyl adjacent to an activating group) is 1. The predicted molar refractivity (Wildman–Crippen MR) is 74.5 cm³/mol. The molecule has 0 heterocycles. The van der Waals surface area contributed by atoms with Crippen molar-refractivity contribution in [2.75, 3.05) is 24.2 Å². The number of carboxylic acid groups (broad SMARTS) is 1. The summed E-state index contributed by atoms with van der Waals surface area (Å²) in [4.78, 5) is 12.5. The zero-order valence-corrected chi connectivity index (χ0v) is 11.4. The number of aliphatic hydroxyl groups is 1. The highest BCUT2D eigenvalue weighted by Gasteiger charge is 2.32. The number of carbonyl (C=O) groups is 1. The molecule has 0 amide bonds. The molecule has 0 saturated heterocycles. The van der Waals surface area contributed by atoms with Crippen LogP contribution in [-0.4, -0.2) is 35.4 Å². The fraction of sp³-hybridized carbons (Fsp3) is 0.500. The van der Waals surface area contributed by atoms with Gasteiger partial charge < -0.3 is 20.8 Å². The van der Waals surface area contributed by atoms with Crippen molar-refractivity contribution >= 4 is 17.3 Å². The van der Waals surface area contributed by atoms with Gasteiger partial charge in [0.05, 0.1) is 22.5 Å². The molecule has 0 unspecified atom stereocenters. The van der Waals surface area contributed by atoms with E-state index in [4.69, 9.17) is 10.8 Å². The standard InChI is InChI=1S/C14H19FN2O3/c1-17(8-14(20)4-2-3-5-14)12-7-10(15)9(13(18)19)6-11(12)16/h6-7,20H,2-5,8,16H2,1H3,(H,18,19). The van der Waals surface area contributed by atoms with E-state index < -0.39 is 23.0 Å². The van der Waals surface area contributed by atoms with Gasteiger partial charge in [-0.2, -0.15) is 0 Å². The van der Waals surface area contributed by atoms with Gasteiger partial charge in [0.25, 0.3) is 0 Å². The van der Waals surface area contributed by atoms with E-state index in [0.29, 0.717) is 25.1 Å². The number of hydrogen-bond donors (Lipinski definition) is 3. The maximum atomic E-state index is 13.7. The number of hydrogen-bond acceptors (Lipinski definition) is 4. The molecule has 0 bridgehead atoms. The topological polar surface area (TPSA) is 86.8 Å². The molecule has 0 atom stereocenters. The molecular formula is C14H19FN2O3. The molecule has 1 aromatic carbocycles. The van der Waals surface area contributed by atoms with Gasteiger partial charge in [-0.05, 0) is 18.9 Å². The Kier molecular flexibility index (Phi) is 3.85. The molecule has 0 aliphatic heterocycles. The van der Waals surface area contributed by atoms with Gasteiger partial charge in [0.15, 0.2) is 0 Å². The number of nitrogens with zero attached hydrogens (tertiary/aromatic N) is 1. The van der Waals surface area contributed by atoms with Crippen LogP contribution < -0.4 is 10.6 Å². The van der Waals surface area contributed by atoms with E-state index in [1.54, 1.807) is 11.9 Å². The van der Waals surface area contributed by atoms with Crippen LogP contribution in [0.15, 0.2) is 12.1 Å². The van der Waals surface area contributed by atoms with Crippen LogP contribution in [0.5, 0.6) is 0 Å². The largest absolute Gasteiger partial charge is 0.478 e. The lowest BCUT2D eigenvalue weighted by Crippen LogP contribution is -2.39. The fourth-order valence-corrected chi connectivity index (χ4v) is 2.79. The molecule has 1 saturated carbocycles. The average molecular weight is 282 g/mol. The van der Waals surface area contributed by atoms with Crippen LogP contribution >= 0.6 is 0 Å². The van der Waals surface area contributed by atoms with E-state index >= 15 is 0 Å². The zero-order chi connectivity index (χ0) is 14.9. The van der Waals surface area contributed by atoms with Crippen molar-refractivity contribution < 1.29 is 19.4 Å². The van der Waals surface area contributed by atoms with Gasteiger partial charge in [0.2, 0.25) is 0 Å². The molecular weight excluding hydrogens is 263 g/mol. The minimum absolute atomic E-state index is 0.188. The van der Waals surface area contributed by atoms with E-state index in [2.05, 4.69) is 0 Å². The third-order valence-electron chi connectivity index (χ3n) is 3.82. The van der Waals surface area contributed by atoms with Crippen LogP contribution in [0, 0.1) is 5.82 Å². The van der Waals surface area contributed by atoms with Crippen LogP contribution in [-0.2, 0) is 0 Å². The Labute approximate surface area is 116 Å². The lowest BCUT2D eigenvalue weighted by Gasteiger charge is -2.30. The molecule has 4 N–H and O–H groups in total. The molecule has 1 aliphatic rings. The number of benzene rings is 1. The van der Waals surface area contributed by atoms with Crippen molar-refractivity contribution in [3.8, 4) is 0 Å². The lowest BCUT2D eigenvalue weighted by molar-refractivity contribution is 0.0559. The second kappa shape index (κ2) is 5.28. The number of halogens is 1. The molecule has 6 heteroatoms. The van der Waals surface area contributed by atoms with Crippen molar-refractivity contribution in [1.29, 1.82) is 0 Å². The van der Waals surface area contributed by atoms with Gasteiger partial charge in [0.1, 0.15) is 5.82 Å². The smallest absolute Gasteiger partial charge is 0.338 e. The number of nitrogens with two attached hydrogens (primary N) is 1. The van der Waals surface area contributed by atoms with Crippen LogP contribution in [0.25, 0.3) is 0 Å². The van der Waals surface area contributed by atoms with E-state index in [1.165, 1.54) is 0 Å².